The zero-order chi connectivity index (χ0) is 19.1. The van der Waals surface area contributed by atoms with Crippen LogP contribution in [0.15, 0.2) is 22.6 Å². The topological polar surface area (TPSA) is 51.3 Å². The minimum atomic E-state index is -4.48. The van der Waals surface area contributed by atoms with Gasteiger partial charge in [-0.05, 0) is 43.4 Å². The highest BCUT2D eigenvalue weighted by Gasteiger charge is 2.34. The Morgan fingerprint density at radius 1 is 1.27 bits per heavy atom. The molecule has 3 heterocycles. The number of furan rings is 1. The number of hydrogen-bond acceptors (Lipinski definition) is 3. The van der Waals surface area contributed by atoms with Crippen molar-refractivity contribution >= 4 is 5.91 Å². The number of alkyl halides is 3. The molecule has 26 heavy (non-hydrogen) atoms. The molecule has 142 valence electrons. The van der Waals surface area contributed by atoms with Crippen LogP contribution >= 0.6 is 0 Å². The summed E-state index contributed by atoms with van der Waals surface area (Å²) in [4.78, 5) is 14.4. The number of rotatable bonds is 3. The van der Waals surface area contributed by atoms with Crippen LogP contribution in [0.25, 0.3) is 0 Å². The van der Waals surface area contributed by atoms with Crippen LogP contribution in [0.1, 0.15) is 48.0 Å². The molecule has 3 rings (SSSR count). The Morgan fingerprint density at radius 3 is 2.50 bits per heavy atom. The van der Waals surface area contributed by atoms with Crippen molar-refractivity contribution in [3.63, 3.8) is 0 Å². The molecule has 2 aromatic heterocycles. The van der Waals surface area contributed by atoms with Gasteiger partial charge < -0.3 is 9.32 Å². The van der Waals surface area contributed by atoms with E-state index in [4.69, 9.17) is 4.42 Å². The van der Waals surface area contributed by atoms with Gasteiger partial charge >= 0.3 is 6.18 Å². The van der Waals surface area contributed by atoms with Crippen LogP contribution < -0.4 is 0 Å². The quantitative estimate of drug-likeness (QED) is 0.823. The van der Waals surface area contributed by atoms with E-state index < -0.39 is 11.9 Å². The largest absolute Gasteiger partial charge is 0.454 e. The highest BCUT2D eigenvalue weighted by atomic mass is 19.4. The van der Waals surface area contributed by atoms with E-state index in [1.165, 1.54) is 4.68 Å². The van der Waals surface area contributed by atoms with Crippen LogP contribution in [-0.2, 0) is 12.7 Å². The molecule has 1 fully saturated rings. The lowest BCUT2D eigenvalue weighted by atomic mass is 9.92. The lowest BCUT2D eigenvalue weighted by molar-refractivity contribution is -0.141. The fourth-order valence-corrected chi connectivity index (χ4v) is 3.52. The van der Waals surface area contributed by atoms with Gasteiger partial charge in [-0.15, -0.1) is 0 Å². The lowest BCUT2D eigenvalue weighted by Crippen LogP contribution is -2.42. The van der Waals surface area contributed by atoms with Crippen LogP contribution in [0, 0.1) is 18.8 Å². The average Bonchev–Trinajstić information content (AvgIpc) is 3.13. The van der Waals surface area contributed by atoms with Gasteiger partial charge in [0.25, 0.3) is 5.91 Å². The van der Waals surface area contributed by atoms with Gasteiger partial charge in [-0.3, -0.25) is 9.48 Å². The summed E-state index contributed by atoms with van der Waals surface area (Å²) >= 11 is 0. The number of amides is 1. The van der Waals surface area contributed by atoms with Crippen molar-refractivity contribution in [2.24, 2.45) is 11.8 Å². The third kappa shape index (κ3) is 3.94. The number of nitrogens with zero attached hydrogens (tertiary/aromatic N) is 3. The summed E-state index contributed by atoms with van der Waals surface area (Å²) in [6, 6.07) is 4.18. The molecule has 1 aliphatic heterocycles. The number of carbonyl (C=O) groups is 1. The van der Waals surface area contributed by atoms with E-state index >= 15 is 0 Å². The maximum Gasteiger partial charge on any atom is 0.435 e. The van der Waals surface area contributed by atoms with Crippen molar-refractivity contribution < 1.29 is 22.4 Å². The second kappa shape index (κ2) is 6.81. The average molecular weight is 369 g/mol. The Labute approximate surface area is 149 Å². The van der Waals surface area contributed by atoms with Gasteiger partial charge in [-0.2, -0.15) is 18.3 Å². The second-order valence-electron chi connectivity index (χ2n) is 7.25. The maximum absolute atomic E-state index is 12.7. The first-order chi connectivity index (χ1) is 12.1. The maximum atomic E-state index is 12.7. The van der Waals surface area contributed by atoms with E-state index in [1.54, 1.807) is 24.0 Å². The standard InChI is InChI=1S/C18H22F3N3O2/c1-11-6-12(2)9-23(8-11)17(25)15-5-4-14(26-15)10-24-13(3)7-16(22-24)18(19,20)21/h4-5,7,11-12H,6,8-10H2,1-3H3/t11-,12-/m0/s1. The number of carbonyl (C=O) groups excluding carboxylic acids is 1. The van der Waals surface area contributed by atoms with E-state index in [0.717, 1.165) is 12.5 Å². The van der Waals surface area contributed by atoms with Crippen LogP contribution in [0.2, 0.25) is 0 Å². The van der Waals surface area contributed by atoms with Gasteiger partial charge in [-0.25, -0.2) is 0 Å². The molecule has 1 aliphatic rings. The fourth-order valence-electron chi connectivity index (χ4n) is 3.52. The first-order valence-electron chi connectivity index (χ1n) is 8.63. The Bertz CT molecular complexity index is 784. The van der Waals surface area contributed by atoms with Crippen molar-refractivity contribution in [3.05, 3.63) is 41.1 Å². The van der Waals surface area contributed by atoms with E-state index in [1.807, 2.05) is 0 Å². The molecule has 0 saturated carbocycles. The van der Waals surface area contributed by atoms with Crippen LogP contribution in [0.4, 0.5) is 13.2 Å². The molecule has 0 radical (unpaired) electrons. The van der Waals surface area contributed by atoms with Gasteiger partial charge in [0.2, 0.25) is 0 Å². The van der Waals surface area contributed by atoms with Crippen LogP contribution in [0.3, 0.4) is 0 Å². The van der Waals surface area contributed by atoms with Crippen LogP contribution in [-0.4, -0.2) is 33.7 Å². The normalized spacial score (nSPS) is 21.2. The van der Waals surface area contributed by atoms with Gasteiger partial charge in [0.1, 0.15) is 5.76 Å². The Kier molecular flexibility index (Phi) is 4.86. The number of likely N-dealkylation sites (tertiary alicyclic amines) is 1. The van der Waals surface area contributed by atoms with Gasteiger partial charge in [0, 0.05) is 18.8 Å². The van der Waals surface area contributed by atoms with Crippen LogP contribution in [0.5, 0.6) is 0 Å². The molecule has 0 N–H and O–H groups in total. The molecular formula is C18H22F3N3O2. The van der Waals surface area contributed by atoms with E-state index in [0.29, 0.717) is 36.4 Å². The number of aryl methyl sites for hydroxylation is 1. The van der Waals surface area contributed by atoms with Gasteiger partial charge in [0.05, 0.1) is 6.54 Å². The first-order valence-corrected chi connectivity index (χ1v) is 8.63. The number of hydrogen-bond donors (Lipinski definition) is 0. The molecule has 0 spiro atoms. The van der Waals surface area contributed by atoms with Crippen molar-refractivity contribution in [2.75, 3.05) is 13.1 Å². The number of aromatic nitrogens is 2. The Balaban J connectivity index is 1.72. The van der Waals surface area contributed by atoms with E-state index in [9.17, 15) is 18.0 Å². The van der Waals surface area contributed by atoms with E-state index in [-0.39, 0.29) is 18.2 Å². The number of halogens is 3. The van der Waals surface area contributed by atoms with Crippen molar-refractivity contribution in [1.82, 2.24) is 14.7 Å². The minimum Gasteiger partial charge on any atom is -0.454 e. The number of piperidine rings is 1. The minimum absolute atomic E-state index is 0.0436. The smallest absolute Gasteiger partial charge is 0.435 e. The zero-order valence-electron chi connectivity index (χ0n) is 15.0. The molecule has 0 aromatic carbocycles. The molecular weight excluding hydrogens is 347 g/mol. The molecule has 8 heteroatoms. The summed E-state index contributed by atoms with van der Waals surface area (Å²) < 4.78 is 45.1. The third-order valence-electron chi connectivity index (χ3n) is 4.61. The fraction of sp³-hybridized carbons (Fsp3) is 0.556. The Morgan fingerprint density at radius 2 is 1.92 bits per heavy atom. The van der Waals surface area contributed by atoms with E-state index in [2.05, 4.69) is 18.9 Å². The summed E-state index contributed by atoms with van der Waals surface area (Å²) in [5.41, 5.74) is -0.561. The molecule has 1 amide bonds. The third-order valence-corrected chi connectivity index (χ3v) is 4.61. The highest BCUT2D eigenvalue weighted by Crippen LogP contribution is 2.29. The lowest BCUT2D eigenvalue weighted by Gasteiger charge is -2.34. The Hall–Kier alpha value is -2.25. The summed E-state index contributed by atoms with van der Waals surface area (Å²) in [7, 11) is 0. The molecule has 2 atom stereocenters. The molecule has 2 aromatic rings. The predicted molar refractivity (Wildman–Crippen MR) is 88.6 cm³/mol. The summed E-state index contributed by atoms with van der Waals surface area (Å²) in [5.74, 6) is 1.30. The predicted octanol–water partition coefficient (Wildman–Crippen LogP) is 3.97. The van der Waals surface area contributed by atoms with Crippen molar-refractivity contribution in [2.45, 2.75) is 39.9 Å². The summed E-state index contributed by atoms with van der Waals surface area (Å²) in [5, 5.41) is 3.58. The SMILES string of the molecule is Cc1cc(C(F)(F)F)nn1Cc1ccc(C(=O)N2C[C@@H](C)C[C@H](C)C2)o1. The van der Waals surface area contributed by atoms with Gasteiger partial charge in [0.15, 0.2) is 11.5 Å². The van der Waals surface area contributed by atoms with Gasteiger partial charge in [-0.1, -0.05) is 13.8 Å². The second-order valence-corrected chi connectivity index (χ2v) is 7.25. The summed E-state index contributed by atoms with van der Waals surface area (Å²) in [6.07, 6.45) is -3.39. The molecule has 0 aliphatic carbocycles. The monoisotopic (exact) mass is 369 g/mol. The molecule has 0 unspecified atom stereocenters. The molecule has 1 saturated heterocycles. The molecule has 5 nitrogen and oxygen atoms in total. The van der Waals surface area contributed by atoms with Crippen molar-refractivity contribution in [1.29, 1.82) is 0 Å². The zero-order valence-corrected chi connectivity index (χ0v) is 15.0. The first kappa shape index (κ1) is 18.5. The summed E-state index contributed by atoms with van der Waals surface area (Å²) in [6.45, 7) is 7.19. The highest BCUT2D eigenvalue weighted by molar-refractivity contribution is 5.91. The van der Waals surface area contributed by atoms with Crippen molar-refractivity contribution in [3.8, 4) is 0 Å². The molecule has 0 bridgehead atoms.